The molecular weight excluding hydrogens is 532 g/mol. The maximum Gasteiger partial charge on any atom is 0.407 e. The Morgan fingerprint density at radius 2 is 1.70 bits per heavy atom. The summed E-state index contributed by atoms with van der Waals surface area (Å²) in [6.07, 6.45) is 0.729. The average molecular weight is 571 g/mol. The number of rotatable bonds is 11. The van der Waals surface area contributed by atoms with Gasteiger partial charge in [0.1, 0.15) is 11.6 Å². The number of benzene rings is 2. The molecule has 10 heteroatoms. The first-order chi connectivity index (χ1) is 18.9. The summed E-state index contributed by atoms with van der Waals surface area (Å²) in [5.74, 6) is 0.860. The summed E-state index contributed by atoms with van der Waals surface area (Å²) in [5, 5.41) is 17.1. The molecule has 1 aromatic heterocycles. The topological polar surface area (TPSA) is 115 Å². The molecule has 0 saturated carbocycles. The van der Waals surface area contributed by atoms with E-state index in [9.17, 15) is 14.7 Å². The third kappa shape index (κ3) is 7.99. The van der Waals surface area contributed by atoms with Gasteiger partial charge < -0.3 is 29.8 Å². The van der Waals surface area contributed by atoms with Gasteiger partial charge in [0.2, 0.25) is 0 Å². The van der Waals surface area contributed by atoms with Crippen LogP contribution >= 0.6 is 11.6 Å². The number of hydrogen-bond acceptors (Lipinski definition) is 6. The highest BCUT2D eigenvalue weighted by Gasteiger charge is 2.23. The maximum absolute atomic E-state index is 12.9. The second-order valence-corrected chi connectivity index (χ2v) is 10.7. The van der Waals surface area contributed by atoms with Crippen LogP contribution in [-0.2, 0) is 11.8 Å². The molecule has 0 bridgehead atoms. The van der Waals surface area contributed by atoms with E-state index in [1.54, 1.807) is 32.0 Å². The summed E-state index contributed by atoms with van der Waals surface area (Å²) < 4.78 is 12.7. The number of imidazole rings is 1. The summed E-state index contributed by atoms with van der Waals surface area (Å²) in [4.78, 5) is 29.6. The van der Waals surface area contributed by atoms with Gasteiger partial charge in [0.05, 0.1) is 41.1 Å². The summed E-state index contributed by atoms with van der Waals surface area (Å²) >= 11 is 6.30. The van der Waals surface area contributed by atoms with E-state index in [0.717, 1.165) is 11.3 Å². The molecule has 0 fully saturated rings. The van der Waals surface area contributed by atoms with Gasteiger partial charge >= 0.3 is 6.09 Å². The summed E-state index contributed by atoms with van der Waals surface area (Å²) in [6.45, 7) is 11.1. The van der Waals surface area contributed by atoms with Crippen molar-refractivity contribution in [3.63, 3.8) is 0 Å². The number of ether oxygens (including phenoxy) is 2. The number of alkyl carbamates (subject to hydrolysis) is 1. The van der Waals surface area contributed by atoms with E-state index in [1.165, 1.54) is 0 Å². The van der Waals surface area contributed by atoms with Crippen LogP contribution in [0.4, 0.5) is 4.79 Å². The molecule has 0 aliphatic heterocycles. The van der Waals surface area contributed by atoms with E-state index in [0.29, 0.717) is 34.1 Å². The van der Waals surface area contributed by atoms with Crippen molar-refractivity contribution in [1.29, 1.82) is 0 Å². The Morgan fingerprint density at radius 1 is 1.02 bits per heavy atom. The number of aromatic nitrogens is 2. The van der Waals surface area contributed by atoms with Gasteiger partial charge in [-0.15, -0.1) is 0 Å². The number of aryl methyl sites for hydroxylation is 1. The third-order valence-electron chi connectivity index (χ3n) is 6.22. The van der Waals surface area contributed by atoms with Gasteiger partial charge in [-0.25, -0.2) is 9.78 Å². The number of carbonyl (C=O) groups excluding carboxylic acids is 2. The van der Waals surface area contributed by atoms with E-state index in [2.05, 4.69) is 10.6 Å². The summed E-state index contributed by atoms with van der Waals surface area (Å²) in [6, 6.07) is 11.4. The Bertz CT molecular complexity index is 1310. The largest absolute Gasteiger partial charge is 0.489 e. The number of nitrogens with zero attached hydrogens (tertiary/aromatic N) is 2. The third-order valence-corrected chi connectivity index (χ3v) is 6.51. The number of halogens is 1. The summed E-state index contributed by atoms with van der Waals surface area (Å²) in [5.41, 5.74) is 2.63. The van der Waals surface area contributed by atoms with Gasteiger partial charge in [-0.3, -0.25) is 4.79 Å². The van der Waals surface area contributed by atoms with E-state index in [1.807, 2.05) is 69.8 Å². The first kappa shape index (κ1) is 31.0. The Kier molecular flexibility index (Phi) is 10.6. The molecule has 0 saturated heterocycles. The molecule has 1 heterocycles. The molecule has 3 rings (SSSR count). The highest BCUT2D eigenvalue weighted by atomic mass is 35.5. The smallest absolute Gasteiger partial charge is 0.407 e. The molecule has 0 spiro atoms. The van der Waals surface area contributed by atoms with Crippen molar-refractivity contribution in [2.24, 2.45) is 7.05 Å². The highest BCUT2D eigenvalue weighted by molar-refractivity contribution is 6.32. The van der Waals surface area contributed by atoms with Crippen LogP contribution in [0.1, 0.15) is 81.9 Å². The molecule has 0 aliphatic rings. The zero-order valence-electron chi connectivity index (χ0n) is 24.1. The van der Waals surface area contributed by atoms with Crippen LogP contribution in [0.25, 0.3) is 11.3 Å². The molecule has 9 nitrogen and oxygen atoms in total. The first-order valence-corrected chi connectivity index (χ1v) is 13.8. The van der Waals surface area contributed by atoms with Crippen molar-refractivity contribution >= 4 is 23.6 Å². The lowest BCUT2D eigenvalue weighted by Gasteiger charge is -2.23. The standard InChI is InChI=1S/C30H39ClN4O5/c1-8-24(34-29(37)22-13-14-26(23(31)15-22)39-17(2)3)27(36)21-11-9-20(10-12-21)25-16-35(7)28(33-25)19(6)32-30(38)40-18(4)5/h9-19,24,27,36H,8H2,1-7H3,(H,32,38)(H,34,37)/t19-,24+,27?/m1/s1. The molecule has 0 radical (unpaired) electrons. The van der Waals surface area contributed by atoms with Crippen LogP contribution in [0.5, 0.6) is 5.75 Å². The van der Waals surface area contributed by atoms with Crippen molar-refractivity contribution in [1.82, 2.24) is 20.2 Å². The lowest BCUT2D eigenvalue weighted by atomic mass is 9.98. The van der Waals surface area contributed by atoms with Crippen LogP contribution < -0.4 is 15.4 Å². The molecule has 3 atom stereocenters. The Hall–Kier alpha value is -3.56. The van der Waals surface area contributed by atoms with Crippen molar-refractivity contribution in [2.75, 3.05) is 0 Å². The number of amides is 2. The minimum absolute atomic E-state index is 0.0381. The molecular formula is C30H39ClN4O5. The zero-order chi connectivity index (χ0) is 29.6. The van der Waals surface area contributed by atoms with Crippen LogP contribution in [0.2, 0.25) is 5.02 Å². The van der Waals surface area contributed by atoms with E-state index < -0.39 is 18.2 Å². The molecule has 2 aromatic carbocycles. The quantitative estimate of drug-likeness (QED) is 0.262. The van der Waals surface area contributed by atoms with Gasteiger partial charge in [-0.1, -0.05) is 42.8 Å². The predicted molar refractivity (Wildman–Crippen MR) is 156 cm³/mol. The van der Waals surface area contributed by atoms with Crippen molar-refractivity contribution < 1.29 is 24.2 Å². The van der Waals surface area contributed by atoms with Crippen LogP contribution in [-0.4, -0.2) is 44.9 Å². The Balaban J connectivity index is 1.68. The second kappa shape index (κ2) is 13.7. The average Bonchev–Trinajstić information content (AvgIpc) is 3.28. The van der Waals surface area contributed by atoms with E-state index in [-0.39, 0.29) is 24.2 Å². The maximum atomic E-state index is 12.9. The van der Waals surface area contributed by atoms with Crippen molar-refractivity contribution in [3.8, 4) is 17.0 Å². The number of aliphatic hydroxyl groups excluding tert-OH is 1. The number of carbonyl (C=O) groups is 2. The second-order valence-electron chi connectivity index (χ2n) is 10.3. The van der Waals surface area contributed by atoms with Crippen molar-refractivity contribution in [3.05, 3.63) is 70.6 Å². The first-order valence-electron chi connectivity index (χ1n) is 13.4. The fourth-order valence-electron chi connectivity index (χ4n) is 4.24. The van der Waals surface area contributed by atoms with Crippen molar-refractivity contribution in [2.45, 2.75) is 78.4 Å². The lowest BCUT2D eigenvalue weighted by Crippen LogP contribution is -2.38. The minimum atomic E-state index is -0.919. The number of hydrogen-bond donors (Lipinski definition) is 3. The lowest BCUT2D eigenvalue weighted by molar-refractivity contribution is 0.0827. The van der Waals surface area contributed by atoms with Gasteiger partial charge in [-0.05, 0) is 64.8 Å². The van der Waals surface area contributed by atoms with Gasteiger partial charge in [0.15, 0.2) is 0 Å². The molecule has 1 unspecified atom stereocenters. The monoisotopic (exact) mass is 570 g/mol. The molecule has 2 amide bonds. The number of aliphatic hydroxyl groups is 1. The fraction of sp³-hybridized carbons (Fsp3) is 0.433. The zero-order valence-corrected chi connectivity index (χ0v) is 24.8. The summed E-state index contributed by atoms with van der Waals surface area (Å²) in [7, 11) is 1.86. The Morgan fingerprint density at radius 3 is 2.27 bits per heavy atom. The normalized spacial score (nSPS) is 13.6. The van der Waals surface area contributed by atoms with Crippen LogP contribution in [0.3, 0.4) is 0 Å². The van der Waals surface area contributed by atoms with E-state index >= 15 is 0 Å². The SMILES string of the molecule is CC[C@H](NC(=O)c1ccc(OC(C)C)c(Cl)c1)C(O)c1ccc(-c2cn(C)c([C@@H](C)NC(=O)OC(C)C)n2)cc1. The van der Waals surface area contributed by atoms with Crippen LogP contribution in [0, 0.1) is 0 Å². The molecule has 40 heavy (non-hydrogen) atoms. The van der Waals surface area contributed by atoms with E-state index in [4.69, 9.17) is 26.1 Å². The minimum Gasteiger partial charge on any atom is -0.489 e. The van der Waals surface area contributed by atoms with Crippen LogP contribution in [0.15, 0.2) is 48.7 Å². The van der Waals surface area contributed by atoms with Gasteiger partial charge in [0, 0.05) is 24.4 Å². The molecule has 3 N–H and O–H groups in total. The molecule has 216 valence electrons. The highest BCUT2D eigenvalue weighted by Crippen LogP contribution is 2.28. The van der Waals surface area contributed by atoms with Gasteiger partial charge in [0.25, 0.3) is 5.91 Å². The molecule has 0 aliphatic carbocycles. The predicted octanol–water partition coefficient (Wildman–Crippen LogP) is 5.97. The molecule has 3 aromatic rings. The Labute approximate surface area is 240 Å². The van der Waals surface area contributed by atoms with Gasteiger partial charge in [-0.2, -0.15) is 0 Å². The number of nitrogens with one attached hydrogen (secondary N) is 2. The fourth-order valence-corrected chi connectivity index (χ4v) is 4.47.